The summed E-state index contributed by atoms with van der Waals surface area (Å²) in [5.74, 6) is 5.06. The van der Waals surface area contributed by atoms with Gasteiger partial charge in [-0.05, 0) is 79.5 Å². The van der Waals surface area contributed by atoms with Crippen molar-refractivity contribution in [3.05, 3.63) is 0 Å². The Hall–Kier alpha value is 0.620. The zero-order chi connectivity index (χ0) is 20.9. The van der Waals surface area contributed by atoms with E-state index in [9.17, 15) is 0 Å². The highest BCUT2D eigenvalue weighted by Gasteiger charge is 2.36. The molecular weight excluding hydrogens is 384 g/mol. The molecule has 0 bridgehead atoms. The van der Waals surface area contributed by atoms with Crippen LogP contribution in [0, 0.1) is 16.2 Å². The van der Waals surface area contributed by atoms with E-state index in [0.717, 1.165) is 11.8 Å². The van der Waals surface area contributed by atoms with Gasteiger partial charge in [0.25, 0.3) is 0 Å². The second-order valence-corrected chi connectivity index (χ2v) is 11.9. The van der Waals surface area contributed by atoms with Crippen molar-refractivity contribution in [1.82, 2.24) is 0 Å². The van der Waals surface area contributed by atoms with Gasteiger partial charge in [0.1, 0.15) is 0 Å². The van der Waals surface area contributed by atoms with E-state index in [-0.39, 0.29) is 0 Å². The Kier molecular flexibility index (Phi) is 13.2. The van der Waals surface area contributed by atoms with Gasteiger partial charge in [0.2, 0.25) is 0 Å². The van der Waals surface area contributed by atoms with Gasteiger partial charge in [0.05, 0.1) is 0 Å². The summed E-state index contributed by atoms with van der Waals surface area (Å²) in [7, 11) is 0. The van der Waals surface area contributed by atoms with Crippen molar-refractivity contribution in [2.75, 3.05) is 36.2 Å². The molecule has 0 radical (unpaired) electrons. The third-order valence-electron chi connectivity index (χ3n) is 7.64. The van der Waals surface area contributed by atoms with Crippen molar-refractivity contribution < 1.29 is 10.2 Å². The Morgan fingerprint density at radius 3 is 1.11 bits per heavy atom. The van der Waals surface area contributed by atoms with E-state index in [1.54, 1.807) is 0 Å². The maximum atomic E-state index is 9.05. The van der Waals surface area contributed by atoms with Gasteiger partial charge in [-0.15, -0.1) is 0 Å². The van der Waals surface area contributed by atoms with Crippen LogP contribution in [0.5, 0.6) is 0 Å². The third-order valence-corrected chi connectivity index (χ3v) is 10.1. The van der Waals surface area contributed by atoms with Gasteiger partial charge in [-0.1, -0.05) is 47.0 Å². The highest BCUT2D eigenvalue weighted by molar-refractivity contribution is 7.99. The quantitative estimate of drug-likeness (QED) is 0.399. The molecule has 0 heterocycles. The smallest absolute Gasteiger partial charge is 0.0495 e. The predicted molar refractivity (Wildman–Crippen MR) is 130 cm³/mol. The second kappa shape index (κ2) is 13.8. The normalized spacial score (nSPS) is 22.9. The van der Waals surface area contributed by atoms with E-state index in [1.807, 2.05) is 11.8 Å². The van der Waals surface area contributed by atoms with Crippen molar-refractivity contribution in [2.24, 2.45) is 16.2 Å². The van der Waals surface area contributed by atoms with Crippen LogP contribution in [0.3, 0.4) is 0 Å². The molecule has 28 heavy (non-hydrogen) atoms. The van der Waals surface area contributed by atoms with Crippen molar-refractivity contribution in [3.63, 3.8) is 0 Å². The number of hydrogen-bond donors (Lipinski definition) is 2. The van der Waals surface area contributed by atoms with Crippen LogP contribution < -0.4 is 0 Å². The van der Waals surface area contributed by atoms with Gasteiger partial charge < -0.3 is 10.2 Å². The molecule has 3 rings (SSSR count). The van der Waals surface area contributed by atoms with E-state index in [2.05, 4.69) is 39.5 Å². The second-order valence-electron chi connectivity index (χ2n) is 9.36. The average molecular weight is 433 g/mol. The fourth-order valence-electron chi connectivity index (χ4n) is 4.24. The maximum absolute atomic E-state index is 9.05. The first-order chi connectivity index (χ1) is 13.5. The summed E-state index contributed by atoms with van der Waals surface area (Å²) in [5, 5.41) is 17.9. The molecule has 0 atom stereocenters. The molecular formula is C24H48O2S2. The molecule has 0 aliphatic heterocycles. The minimum atomic E-state index is 0.334. The van der Waals surface area contributed by atoms with Crippen LogP contribution in [-0.4, -0.2) is 46.4 Å². The fourth-order valence-corrected chi connectivity index (χ4v) is 6.39. The zero-order valence-electron chi connectivity index (χ0n) is 19.2. The zero-order valence-corrected chi connectivity index (χ0v) is 20.9. The summed E-state index contributed by atoms with van der Waals surface area (Å²) in [4.78, 5) is 0. The van der Waals surface area contributed by atoms with Crippen molar-refractivity contribution in [3.8, 4) is 0 Å². The van der Waals surface area contributed by atoms with Crippen LogP contribution in [0.25, 0.3) is 0 Å². The summed E-state index contributed by atoms with van der Waals surface area (Å²) in [6.45, 7) is 9.75. The minimum Gasteiger partial charge on any atom is -0.396 e. The average Bonchev–Trinajstić information content (AvgIpc) is 2.62. The van der Waals surface area contributed by atoms with Crippen LogP contribution in [0.4, 0.5) is 0 Å². The molecule has 3 fully saturated rings. The summed E-state index contributed by atoms with van der Waals surface area (Å²) >= 11 is 4.07. The first-order valence-electron chi connectivity index (χ1n) is 11.9. The number of aliphatic hydroxyl groups excluding tert-OH is 2. The Morgan fingerprint density at radius 2 is 0.929 bits per heavy atom. The van der Waals surface area contributed by atoms with Crippen molar-refractivity contribution in [2.45, 2.75) is 98.3 Å². The highest BCUT2D eigenvalue weighted by atomic mass is 32.2. The lowest BCUT2D eigenvalue weighted by atomic mass is 9.68. The first-order valence-corrected chi connectivity index (χ1v) is 14.2. The monoisotopic (exact) mass is 432 g/mol. The summed E-state index contributed by atoms with van der Waals surface area (Å²) < 4.78 is 0. The largest absolute Gasteiger partial charge is 0.396 e. The van der Waals surface area contributed by atoms with E-state index in [1.165, 1.54) is 87.2 Å². The van der Waals surface area contributed by atoms with E-state index in [4.69, 9.17) is 10.2 Å². The van der Waals surface area contributed by atoms with Gasteiger partial charge in [-0.3, -0.25) is 0 Å². The van der Waals surface area contributed by atoms with Gasteiger partial charge in [0, 0.05) is 24.4 Å². The van der Waals surface area contributed by atoms with Crippen LogP contribution in [0.15, 0.2) is 0 Å². The maximum Gasteiger partial charge on any atom is 0.0495 e. The van der Waals surface area contributed by atoms with Gasteiger partial charge in [-0.25, -0.2) is 0 Å². The number of rotatable bonds is 10. The lowest BCUT2D eigenvalue weighted by Gasteiger charge is -2.41. The van der Waals surface area contributed by atoms with Crippen LogP contribution in [0.2, 0.25) is 0 Å². The molecule has 0 aromatic heterocycles. The molecule has 3 aliphatic carbocycles. The minimum absolute atomic E-state index is 0.334. The molecule has 3 saturated carbocycles. The first kappa shape index (κ1) is 26.7. The number of aliphatic hydroxyl groups is 2. The summed E-state index contributed by atoms with van der Waals surface area (Å²) in [6.07, 6.45) is 14.7. The van der Waals surface area contributed by atoms with Crippen molar-refractivity contribution >= 4 is 23.5 Å². The standard InChI is InChI=1S/C9H18S.C8H16OS.C7H14O/c1-3-9(6-5-7-9)8-10-4-2;1-2-10-7-8(6-9)4-3-5-8;1-2-7(6-8)4-3-5-7/h3-8H2,1-2H3;9H,2-7H2,1H3;8H,2-6H2,1H3. The molecule has 0 aromatic rings. The van der Waals surface area contributed by atoms with Crippen LogP contribution in [0.1, 0.15) is 98.3 Å². The molecule has 0 unspecified atom stereocenters. The number of hydrogen-bond acceptors (Lipinski definition) is 4. The fraction of sp³-hybridized carbons (Fsp3) is 1.00. The van der Waals surface area contributed by atoms with E-state index < -0.39 is 0 Å². The lowest BCUT2D eigenvalue weighted by Crippen LogP contribution is -2.35. The SMILES string of the molecule is CCC1(CO)CCC1.CCSCC1(CC)CCC1.CCSCC1(CO)CCC1. The topological polar surface area (TPSA) is 40.5 Å². The Balaban J connectivity index is 0.000000212. The van der Waals surface area contributed by atoms with Gasteiger partial charge in [0.15, 0.2) is 0 Å². The van der Waals surface area contributed by atoms with Gasteiger partial charge >= 0.3 is 0 Å². The lowest BCUT2D eigenvalue weighted by molar-refractivity contribution is 0.0410. The Labute approximate surface area is 184 Å². The Bertz CT molecular complexity index is 338. The predicted octanol–water partition coefficient (Wildman–Crippen LogP) is 6.78. The molecule has 168 valence electrons. The summed E-state index contributed by atoms with van der Waals surface area (Å²) in [5.41, 5.74) is 1.47. The van der Waals surface area contributed by atoms with E-state index in [0.29, 0.717) is 24.0 Å². The highest BCUT2D eigenvalue weighted by Crippen LogP contribution is 2.46. The third kappa shape index (κ3) is 8.04. The summed E-state index contributed by atoms with van der Waals surface area (Å²) in [6, 6.07) is 0. The van der Waals surface area contributed by atoms with Crippen molar-refractivity contribution in [1.29, 1.82) is 0 Å². The Morgan fingerprint density at radius 1 is 0.571 bits per heavy atom. The van der Waals surface area contributed by atoms with Crippen LogP contribution in [-0.2, 0) is 0 Å². The molecule has 4 heteroatoms. The van der Waals surface area contributed by atoms with Gasteiger partial charge in [-0.2, -0.15) is 23.5 Å². The molecule has 0 spiro atoms. The molecule has 0 aromatic carbocycles. The molecule has 2 N–H and O–H groups in total. The molecule has 0 saturated heterocycles. The van der Waals surface area contributed by atoms with Crippen LogP contribution >= 0.6 is 23.5 Å². The molecule has 2 nitrogen and oxygen atoms in total. The molecule has 0 amide bonds. The number of thioether (sulfide) groups is 2. The van der Waals surface area contributed by atoms with E-state index >= 15 is 0 Å². The molecule has 3 aliphatic rings.